The summed E-state index contributed by atoms with van der Waals surface area (Å²) >= 11 is 12.9. The Morgan fingerprint density at radius 1 is 1.33 bits per heavy atom. The number of aromatic amines is 1. The van der Waals surface area contributed by atoms with E-state index in [2.05, 4.69) is 4.98 Å². The van der Waals surface area contributed by atoms with Gasteiger partial charge >= 0.3 is 0 Å². The monoisotopic (exact) mass is 403 g/mol. The summed E-state index contributed by atoms with van der Waals surface area (Å²) in [6.45, 7) is 1.85. The van der Waals surface area contributed by atoms with Crippen LogP contribution in [0.5, 0.6) is 0 Å². The van der Waals surface area contributed by atoms with Gasteiger partial charge in [0.2, 0.25) is 5.91 Å². The van der Waals surface area contributed by atoms with Crippen LogP contribution in [-0.2, 0) is 17.8 Å². The Morgan fingerprint density at radius 2 is 2.07 bits per heavy atom. The molecule has 1 aromatic heterocycles. The molecule has 4 rings (SSSR count). The number of rotatable bonds is 2. The van der Waals surface area contributed by atoms with Crippen LogP contribution in [0.3, 0.4) is 0 Å². The topological polar surface area (TPSA) is 82.4 Å². The number of nitrogens with zero attached hydrogens (tertiary/aromatic N) is 1. The highest BCUT2D eigenvalue weighted by atomic mass is 35.5. The highest BCUT2D eigenvalue weighted by Gasteiger charge is 2.31. The van der Waals surface area contributed by atoms with Crippen LogP contribution < -0.4 is 5.73 Å². The van der Waals surface area contributed by atoms with Crippen molar-refractivity contribution >= 4 is 45.7 Å². The van der Waals surface area contributed by atoms with Gasteiger partial charge in [-0.05, 0) is 24.6 Å². The standard InChI is InChI=1S/C20H19Cl2N3O2/c1-10-6-16-13(8-25(10)17(27)9-26)18-12(11-4-2-3-5-15(11)23)7-14(21)19(22)20(18)24-16/h2-5,7,10,24,26H,6,8-9,23H2,1H3/t10-/m1/s1. The normalized spacial score (nSPS) is 16.6. The first kappa shape index (κ1) is 18.2. The molecule has 140 valence electrons. The van der Waals surface area contributed by atoms with Crippen LogP contribution in [0.2, 0.25) is 10.0 Å². The molecule has 0 spiro atoms. The van der Waals surface area contributed by atoms with E-state index in [4.69, 9.17) is 28.9 Å². The molecule has 0 bridgehead atoms. The van der Waals surface area contributed by atoms with Gasteiger partial charge in [0.05, 0.1) is 15.6 Å². The average molecular weight is 404 g/mol. The molecule has 0 radical (unpaired) electrons. The predicted octanol–water partition coefficient (Wildman–Crippen LogP) is 3.99. The van der Waals surface area contributed by atoms with E-state index in [0.29, 0.717) is 28.7 Å². The van der Waals surface area contributed by atoms with Gasteiger partial charge in [0, 0.05) is 46.9 Å². The molecule has 1 amide bonds. The van der Waals surface area contributed by atoms with Crippen molar-refractivity contribution < 1.29 is 9.90 Å². The second-order valence-corrected chi connectivity index (χ2v) is 7.66. The zero-order valence-corrected chi connectivity index (χ0v) is 16.2. The van der Waals surface area contributed by atoms with E-state index in [1.54, 1.807) is 4.90 Å². The molecule has 0 saturated carbocycles. The number of H-pyrrole nitrogens is 1. The summed E-state index contributed by atoms with van der Waals surface area (Å²) in [5, 5.41) is 11.1. The highest BCUT2D eigenvalue weighted by Crippen LogP contribution is 2.44. The summed E-state index contributed by atoms with van der Waals surface area (Å²) in [5.41, 5.74) is 11.4. The maximum atomic E-state index is 12.2. The largest absolute Gasteiger partial charge is 0.398 e. The maximum Gasteiger partial charge on any atom is 0.248 e. The van der Waals surface area contributed by atoms with E-state index in [1.807, 2.05) is 37.3 Å². The lowest BCUT2D eigenvalue weighted by molar-refractivity contribution is -0.137. The van der Waals surface area contributed by atoms with Crippen molar-refractivity contribution in [3.05, 3.63) is 51.6 Å². The Labute approximate surface area is 166 Å². The molecule has 1 aliphatic rings. The molecule has 27 heavy (non-hydrogen) atoms. The van der Waals surface area contributed by atoms with Crippen molar-refractivity contribution in [3.8, 4) is 11.1 Å². The summed E-state index contributed by atoms with van der Waals surface area (Å²) in [5.74, 6) is -0.289. The molecule has 0 aliphatic carbocycles. The Bertz CT molecular complexity index is 1060. The zero-order chi connectivity index (χ0) is 19.3. The number of hydrogen-bond acceptors (Lipinski definition) is 3. The number of aromatic nitrogens is 1. The first-order valence-electron chi connectivity index (χ1n) is 8.69. The quantitative estimate of drug-likeness (QED) is 0.565. The minimum absolute atomic E-state index is 0.0234. The number of amides is 1. The fourth-order valence-corrected chi connectivity index (χ4v) is 4.29. The van der Waals surface area contributed by atoms with Crippen molar-refractivity contribution in [3.63, 3.8) is 0 Å². The minimum Gasteiger partial charge on any atom is -0.398 e. The molecule has 2 heterocycles. The molecule has 1 atom stereocenters. The number of carbonyl (C=O) groups excluding carboxylic acids is 1. The SMILES string of the molecule is C[C@@H]1Cc2[nH]c3c(Cl)c(Cl)cc(-c4ccccc4N)c3c2CN1C(=O)CO. The Hall–Kier alpha value is -2.21. The van der Waals surface area contributed by atoms with Crippen molar-refractivity contribution in [1.29, 1.82) is 0 Å². The van der Waals surface area contributed by atoms with Gasteiger partial charge in [0.1, 0.15) is 6.61 Å². The summed E-state index contributed by atoms with van der Waals surface area (Å²) in [6.07, 6.45) is 0.646. The van der Waals surface area contributed by atoms with Crippen LogP contribution in [0, 0.1) is 0 Å². The number of nitrogens with one attached hydrogen (secondary N) is 1. The summed E-state index contributed by atoms with van der Waals surface area (Å²) in [4.78, 5) is 17.3. The summed E-state index contributed by atoms with van der Waals surface area (Å²) < 4.78 is 0. The number of aliphatic hydroxyl groups excluding tert-OH is 1. The smallest absolute Gasteiger partial charge is 0.248 e. The third kappa shape index (κ3) is 2.87. The van der Waals surface area contributed by atoms with Crippen molar-refractivity contribution in [2.24, 2.45) is 0 Å². The van der Waals surface area contributed by atoms with Gasteiger partial charge in [-0.3, -0.25) is 4.79 Å². The van der Waals surface area contributed by atoms with Gasteiger partial charge in [0.25, 0.3) is 0 Å². The highest BCUT2D eigenvalue weighted by molar-refractivity contribution is 6.45. The molecule has 3 aromatic rings. The molecule has 0 fully saturated rings. The molecular weight excluding hydrogens is 385 g/mol. The van der Waals surface area contributed by atoms with Crippen LogP contribution in [0.4, 0.5) is 5.69 Å². The van der Waals surface area contributed by atoms with Crippen LogP contribution in [0.1, 0.15) is 18.2 Å². The first-order chi connectivity index (χ1) is 12.9. The van der Waals surface area contributed by atoms with Crippen molar-refractivity contribution in [1.82, 2.24) is 9.88 Å². The van der Waals surface area contributed by atoms with Crippen LogP contribution >= 0.6 is 23.2 Å². The fourth-order valence-electron chi connectivity index (χ4n) is 3.89. The third-order valence-corrected chi connectivity index (χ3v) is 6.02. The van der Waals surface area contributed by atoms with Gasteiger partial charge in [-0.2, -0.15) is 0 Å². The minimum atomic E-state index is -0.507. The number of hydrogen-bond donors (Lipinski definition) is 3. The van der Waals surface area contributed by atoms with Gasteiger partial charge in [-0.15, -0.1) is 0 Å². The lowest BCUT2D eigenvalue weighted by atomic mass is 9.93. The van der Waals surface area contributed by atoms with Gasteiger partial charge in [-0.1, -0.05) is 41.4 Å². The van der Waals surface area contributed by atoms with Gasteiger partial charge in [-0.25, -0.2) is 0 Å². The van der Waals surface area contributed by atoms with E-state index in [0.717, 1.165) is 33.3 Å². The van der Waals surface area contributed by atoms with Crippen molar-refractivity contribution in [2.45, 2.75) is 25.9 Å². The van der Waals surface area contributed by atoms with Gasteiger partial charge in [0.15, 0.2) is 0 Å². The van der Waals surface area contributed by atoms with Crippen LogP contribution in [0.25, 0.3) is 22.0 Å². The number of benzene rings is 2. The Morgan fingerprint density at radius 3 is 2.78 bits per heavy atom. The second kappa shape index (κ2) is 6.75. The molecule has 0 saturated heterocycles. The molecular formula is C20H19Cl2N3O2. The molecule has 4 N–H and O–H groups in total. The van der Waals surface area contributed by atoms with E-state index < -0.39 is 6.61 Å². The molecule has 5 nitrogen and oxygen atoms in total. The summed E-state index contributed by atoms with van der Waals surface area (Å²) in [7, 11) is 0. The number of halogens is 2. The third-order valence-electron chi connectivity index (χ3n) is 5.23. The van der Waals surface area contributed by atoms with E-state index in [9.17, 15) is 9.90 Å². The Balaban J connectivity index is 2.00. The number of aliphatic hydroxyl groups is 1. The van der Waals surface area contributed by atoms with E-state index >= 15 is 0 Å². The maximum absolute atomic E-state index is 12.2. The number of nitrogens with two attached hydrogens (primary N) is 1. The zero-order valence-electron chi connectivity index (χ0n) is 14.7. The number of fused-ring (bicyclic) bond motifs is 3. The first-order valence-corrected chi connectivity index (χ1v) is 9.44. The van der Waals surface area contributed by atoms with E-state index in [1.165, 1.54) is 0 Å². The van der Waals surface area contributed by atoms with Crippen LogP contribution in [0.15, 0.2) is 30.3 Å². The number of para-hydroxylation sites is 1. The Kier molecular flexibility index (Phi) is 4.54. The number of nitrogen functional groups attached to an aromatic ring is 1. The predicted molar refractivity (Wildman–Crippen MR) is 109 cm³/mol. The van der Waals surface area contributed by atoms with E-state index in [-0.39, 0.29) is 11.9 Å². The molecule has 0 unspecified atom stereocenters. The summed E-state index contributed by atoms with van der Waals surface area (Å²) in [6, 6.07) is 9.38. The lowest BCUT2D eigenvalue weighted by Gasteiger charge is -2.33. The van der Waals surface area contributed by atoms with Gasteiger partial charge < -0.3 is 20.7 Å². The average Bonchev–Trinajstić information content (AvgIpc) is 3.02. The molecule has 2 aromatic carbocycles. The van der Waals surface area contributed by atoms with Crippen LogP contribution in [-0.4, -0.2) is 33.5 Å². The second-order valence-electron chi connectivity index (χ2n) is 6.87. The fraction of sp³-hybridized carbons (Fsp3) is 0.250. The molecule has 7 heteroatoms. The van der Waals surface area contributed by atoms with Crippen molar-refractivity contribution in [2.75, 3.05) is 12.3 Å². The number of anilines is 1. The number of carbonyl (C=O) groups is 1. The lowest BCUT2D eigenvalue weighted by Crippen LogP contribution is -2.43. The molecule has 1 aliphatic heterocycles.